The summed E-state index contributed by atoms with van der Waals surface area (Å²) in [7, 11) is 0. The van der Waals surface area contributed by atoms with Gasteiger partial charge in [0.25, 0.3) is 0 Å². The van der Waals surface area contributed by atoms with Gasteiger partial charge in [-0.15, -0.1) is 0 Å². The molecule has 1 saturated heterocycles. The SMILES string of the molecule is O=C(CN1CC(CO)C1)NCCC1=CCCCC1. The number of aliphatic hydroxyl groups excluding tert-OH is 1. The summed E-state index contributed by atoms with van der Waals surface area (Å²) in [5.74, 6) is 0.494. The van der Waals surface area contributed by atoms with E-state index in [1.165, 1.54) is 31.3 Å². The summed E-state index contributed by atoms with van der Waals surface area (Å²) in [5, 5.41) is 11.9. The Balaban J connectivity index is 1.54. The number of likely N-dealkylation sites (tertiary alicyclic amines) is 1. The van der Waals surface area contributed by atoms with Crippen molar-refractivity contribution >= 4 is 5.91 Å². The van der Waals surface area contributed by atoms with E-state index in [9.17, 15) is 4.79 Å². The highest BCUT2D eigenvalue weighted by Gasteiger charge is 2.26. The third kappa shape index (κ3) is 4.10. The second kappa shape index (κ2) is 6.90. The van der Waals surface area contributed by atoms with E-state index in [4.69, 9.17) is 5.11 Å². The summed E-state index contributed by atoms with van der Waals surface area (Å²) in [6.45, 7) is 3.20. The lowest BCUT2D eigenvalue weighted by molar-refractivity contribution is -0.124. The van der Waals surface area contributed by atoms with Crippen LogP contribution in [0.3, 0.4) is 0 Å². The summed E-state index contributed by atoms with van der Waals surface area (Å²) >= 11 is 0. The number of amides is 1. The van der Waals surface area contributed by atoms with E-state index >= 15 is 0 Å². The van der Waals surface area contributed by atoms with Crippen molar-refractivity contribution in [1.29, 1.82) is 0 Å². The fourth-order valence-corrected chi connectivity index (χ4v) is 2.67. The molecular formula is C14H24N2O2. The minimum Gasteiger partial charge on any atom is -0.396 e. The van der Waals surface area contributed by atoms with E-state index in [1.54, 1.807) is 0 Å². The van der Waals surface area contributed by atoms with Crippen molar-refractivity contribution in [3.63, 3.8) is 0 Å². The number of carbonyl (C=O) groups excluding carboxylic acids is 1. The van der Waals surface area contributed by atoms with Crippen LogP contribution in [0.2, 0.25) is 0 Å². The highest BCUT2D eigenvalue weighted by molar-refractivity contribution is 5.78. The van der Waals surface area contributed by atoms with Crippen LogP contribution < -0.4 is 5.32 Å². The van der Waals surface area contributed by atoms with E-state index in [0.717, 1.165) is 26.1 Å². The van der Waals surface area contributed by atoms with E-state index < -0.39 is 0 Å². The first-order valence-electron chi connectivity index (χ1n) is 7.05. The molecule has 0 aromatic heterocycles. The van der Waals surface area contributed by atoms with Crippen LogP contribution in [-0.4, -0.2) is 48.7 Å². The van der Waals surface area contributed by atoms with Crippen molar-refractivity contribution in [3.8, 4) is 0 Å². The predicted molar refractivity (Wildman–Crippen MR) is 71.2 cm³/mol. The van der Waals surface area contributed by atoms with Gasteiger partial charge in [0.2, 0.25) is 5.91 Å². The number of nitrogens with one attached hydrogen (secondary N) is 1. The molecule has 1 heterocycles. The summed E-state index contributed by atoms with van der Waals surface area (Å²) in [5.41, 5.74) is 1.51. The number of hydrogen-bond donors (Lipinski definition) is 2. The molecule has 2 rings (SSSR count). The Hall–Kier alpha value is -0.870. The molecule has 0 aromatic carbocycles. The Morgan fingerprint density at radius 2 is 2.28 bits per heavy atom. The summed E-state index contributed by atoms with van der Waals surface area (Å²) < 4.78 is 0. The molecule has 4 heteroatoms. The predicted octanol–water partition coefficient (Wildman–Crippen LogP) is 0.917. The van der Waals surface area contributed by atoms with Crippen molar-refractivity contribution in [2.45, 2.75) is 32.1 Å². The summed E-state index contributed by atoms with van der Waals surface area (Å²) in [6.07, 6.45) is 8.37. The zero-order valence-electron chi connectivity index (χ0n) is 11.0. The molecule has 0 spiro atoms. The average molecular weight is 252 g/mol. The molecule has 1 aliphatic carbocycles. The number of allylic oxidation sites excluding steroid dienone is 1. The minimum absolute atomic E-state index is 0.114. The molecule has 0 bridgehead atoms. The molecule has 0 unspecified atom stereocenters. The standard InChI is InChI=1S/C14H24N2O2/c17-11-13-8-16(9-13)10-14(18)15-7-6-12-4-2-1-3-5-12/h4,13,17H,1-3,5-11H2,(H,15,18). The second-order valence-electron chi connectivity index (χ2n) is 5.45. The number of hydrogen-bond acceptors (Lipinski definition) is 3. The molecule has 4 nitrogen and oxygen atoms in total. The molecule has 18 heavy (non-hydrogen) atoms. The fraction of sp³-hybridized carbons (Fsp3) is 0.786. The van der Waals surface area contributed by atoms with Crippen LogP contribution >= 0.6 is 0 Å². The lowest BCUT2D eigenvalue weighted by Crippen LogP contribution is -2.52. The van der Waals surface area contributed by atoms with Gasteiger partial charge in [-0.1, -0.05) is 11.6 Å². The quantitative estimate of drug-likeness (QED) is 0.691. The third-order valence-electron chi connectivity index (χ3n) is 3.81. The molecular weight excluding hydrogens is 228 g/mol. The van der Waals surface area contributed by atoms with E-state index in [0.29, 0.717) is 12.5 Å². The largest absolute Gasteiger partial charge is 0.396 e. The van der Waals surface area contributed by atoms with Crippen LogP contribution in [-0.2, 0) is 4.79 Å². The average Bonchev–Trinajstić information content (AvgIpc) is 2.34. The van der Waals surface area contributed by atoms with Crippen LogP contribution in [0.1, 0.15) is 32.1 Å². The van der Waals surface area contributed by atoms with Gasteiger partial charge in [-0.25, -0.2) is 0 Å². The topological polar surface area (TPSA) is 52.6 Å². The molecule has 0 saturated carbocycles. The Bertz CT molecular complexity index is 309. The molecule has 2 aliphatic rings. The molecule has 1 amide bonds. The van der Waals surface area contributed by atoms with Gasteiger partial charge in [-0.3, -0.25) is 9.69 Å². The normalized spacial score (nSPS) is 21.3. The highest BCUT2D eigenvalue weighted by Crippen LogP contribution is 2.19. The fourth-order valence-electron chi connectivity index (χ4n) is 2.67. The molecule has 0 aromatic rings. The first-order chi connectivity index (χ1) is 8.78. The summed E-state index contributed by atoms with van der Waals surface area (Å²) in [6, 6.07) is 0. The van der Waals surface area contributed by atoms with Gasteiger partial charge in [0.1, 0.15) is 0 Å². The van der Waals surface area contributed by atoms with Gasteiger partial charge in [-0.2, -0.15) is 0 Å². The second-order valence-corrected chi connectivity index (χ2v) is 5.45. The maximum atomic E-state index is 11.6. The highest BCUT2D eigenvalue weighted by atomic mass is 16.3. The van der Waals surface area contributed by atoms with E-state index in [-0.39, 0.29) is 12.5 Å². The summed E-state index contributed by atoms with van der Waals surface area (Å²) in [4.78, 5) is 13.7. The first kappa shape index (κ1) is 13.6. The zero-order valence-corrected chi connectivity index (χ0v) is 11.0. The monoisotopic (exact) mass is 252 g/mol. The van der Waals surface area contributed by atoms with Crippen molar-refractivity contribution in [3.05, 3.63) is 11.6 Å². The Labute approximate surface area is 109 Å². The molecule has 0 atom stereocenters. The van der Waals surface area contributed by atoms with Gasteiger partial charge in [0.15, 0.2) is 0 Å². The van der Waals surface area contributed by atoms with Crippen molar-refractivity contribution in [2.24, 2.45) is 5.92 Å². The van der Waals surface area contributed by atoms with Crippen LogP contribution in [0.25, 0.3) is 0 Å². The van der Waals surface area contributed by atoms with Gasteiger partial charge in [0, 0.05) is 32.2 Å². The van der Waals surface area contributed by atoms with Gasteiger partial charge >= 0.3 is 0 Å². The lowest BCUT2D eigenvalue weighted by atomic mass is 9.97. The van der Waals surface area contributed by atoms with Crippen LogP contribution in [0, 0.1) is 5.92 Å². The smallest absolute Gasteiger partial charge is 0.234 e. The molecule has 0 radical (unpaired) electrons. The van der Waals surface area contributed by atoms with Crippen molar-refractivity contribution < 1.29 is 9.90 Å². The zero-order chi connectivity index (χ0) is 12.8. The van der Waals surface area contributed by atoms with E-state index in [2.05, 4.69) is 16.3 Å². The minimum atomic E-state index is 0.114. The number of nitrogens with zero attached hydrogens (tertiary/aromatic N) is 1. The van der Waals surface area contributed by atoms with Crippen molar-refractivity contribution in [1.82, 2.24) is 10.2 Å². The molecule has 102 valence electrons. The van der Waals surface area contributed by atoms with E-state index in [1.807, 2.05) is 0 Å². The first-order valence-corrected chi connectivity index (χ1v) is 7.05. The molecule has 1 fully saturated rings. The van der Waals surface area contributed by atoms with Crippen LogP contribution in [0.4, 0.5) is 0 Å². The number of carbonyl (C=O) groups is 1. The maximum absolute atomic E-state index is 11.6. The lowest BCUT2D eigenvalue weighted by Gasteiger charge is -2.37. The Morgan fingerprint density at radius 3 is 2.94 bits per heavy atom. The number of rotatable bonds is 6. The number of aliphatic hydroxyl groups is 1. The molecule has 1 aliphatic heterocycles. The van der Waals surface area contributed by atoms with Crippen molar-refractivity contribution in [2.75, 3.05) is 32.8 Å². The maximum Gasteiger partial charge on any atom is 0.234 e. The van der Waals surface area contributed by atoms with Gasteiger partial charge in [0.05, 0.1) is 6.54 Å². The van der Waals surface area contributed by atoms with Crippen LogP contribution in [0.5, 0.6) is 0 Å². The van der Waals surface area contributed by atoms with Gasteiger partial charge < -0.3 is 10.4 Å². The molecule has 2 N–H and O–H groups in total. The Kier molecular flexibility index (Phi) is 5.20. The third-order valence-corrected chi connectivity index (χ3v) is 3.81. The van der Waals surface area contributed by atoms with Gasteiger partial charge in [-0.05, 0) is 32.1 Å². The Morgan fingerprint density at radius 1 is 1.44 bits per heavy atom. The van der Waals surface area contributed by atoms with Crippen LogP contribution in [0.15, 0.2) is 11.6 Å².